The van der Waals surface area contributed by atoms with Gasteiger partial charge in [0, 0.05) is 36.3 Å². The van der Waals surface area contributed by atoms with Crippen molar-refractivity contribution in [3.05, 3.63) is 41.6 Å². The van der Waals surface area contributed by atoms with Crippen LogP contribution in [0, 0.1) is 23.1 Å². The van der Waals surface area contributed by atoms with E-state index >= 15 is 0 Å². The molecule has 0 spiro atoms. The second kappa shape index (κ2) is 8.37. The lowest BCUT2D eigenvalue weighted by Crippen LogP contribution is -2.47. The molecule has 4 N–H and O–H groups in total. The Kier molecular flexibility index (Phi) is 5.91. The highest BCUT2D eigenvalue weighted by atomic mass is 19.1. The topological polar surface area (TPSA) is 104 Å². The number of rotatable bonds is 5. The fraction of sp³-hybridized carbons (Fsp3) is 0.421. The van der Waals surface area contributed by atoms with E-state index in [9.17, 15) is 13.6 Å². The molecule has 0 radical (unpaired) electrons. The number of nitrogens with two attached hydrogens (primary N) is 1. The third-order valence-electron chi connectivity index (χ3n) is 4.94. The minimum absolute atomic E-state index is 0.222. The van der Waals surface area contributed by atoms with E-state index in [-0.39, 0.29) is 18.0 Å². The van der Waals surface area contributed by atoms with E-state index in [1.807, 2.05) is 10.2 Å². The number of hydrogen-bond acceptors (Lipinski definition) is 5. The van der Waals surface area contributed by atoms with Crippen LogP contribution in [0.5, 0.6) is 0 Å². The first-order valence-electron chi connectivity index (χ1n) is 9.13. The van der Waals surface area contributed by atoms with Crippen LogP contribution in [0.3, 0.4) is 0 Å². The van der Waals surface area contributed by atoms with Gasteiger partial charge >= 0.3 is 6.09 Å². The molecular weight excluding hydrogens is 368 g/mol. The number of ether oxygens (including phenoxy) is 1. The van der Waals surface area contributed by atoms with Crippen molar-refractivity contribution in [2.75, 3.05) is 24.6 Å². The SMILES string of the molecule is CCC1CN(c2ncc(C3=C(F)C(COC(=O)NC(=N)N)CC=C3)cc2F)C1. The summed E-state index contributed by atoms with van der Waals surface area (Å²) in [5.41, 5.74) is 5.59. The molecule has 150 valence electrons. The van der Waals surface area contributed by atoms with E-state index in [4.69, 9.17) is 15.9 Å². The lowest BCUT2D eigenvalue weighted by molar-refractivity contribution is 0.134. The predicted octanol–water partition coefficient (Wildman–Crippen LogP) is 2.94. The molecule has 1 amide bonds. The van der Waals surface area contributed by atoms with Gasteiger partial charge < -0.3 is 15.4 Å². The number of nitrogens with zero attached hydrogens (tertiary/aromatic N) is 2. The second-order valence-electron chi connectivity index (χ2n) is 6.94. The van der Waals surface area contributed by atoms with Gasteiger partial charge in [-0.25, -0.2) is 18.6 Å². The van der Waals surface area contributed by atoms with Crippen LogP contribution in [-0.2, 0) is 4.74 Å². The maximum absolute atomic E-state index is 14.9. The number of carbonyl (C=O) groups is 1. The van der Waals surface area contributed by atoms with E-state index in [0.29, 0.717) is 17.9 Å². The van der Waals surface area contributed by atoms with Crippen molar-refractivity contribution in [3.63, 3.8) is 0 Å². The van der Waals surface area contributed by atoms with Gasteiger partial charge in [0.15, 0.2) is 17.6 Å². The summed E-state index contributed by atoms with van der Waals surface area (Å²) in [5.74, 6) is -1.39. The van der Waals surface area contributed by atoms with E-state index in [2.05, 4.69) is 11.9 Å². The van der Waals surface area contributed by atoms with Crippen LogP contribution in [-0.4, -0.2) is 36.7 Å². The number of halogens is 2. The third-order valence-corrected chi connectivity index (χ3v) is 4.94. The number of anilines is 1. The monoisotopic (exact) mass is 391 g/mol. The molecule has 7 nitrogen and oxygen atoms in total. The maximum atomic E-state index is 14.9. The number of aromatic nitrogens is 1. The first kappa shape index (κ1) is 19.8. The standard InChI is InChI=1S/C19H23F2N5O2/c1-2-11-8-26(9-11)17-15(20)6-13(7-24-17)14-5-3-4-12(16(14)21)10-28-19(27)25-18(22)23/h3,5-7,11-12H,2,4,8-10H2,1H3,(H4,22,23,25,27). The number of hydrogen-bond donors (Lipinski definition) is 3. The summed E-state index contributed by atoms with van der Waals surface area (Å²) in [6, 6.07) is 1.28. The minimum atomic E-state index is -0.923. The summed E-state index contributed by atoms with van der Waals surface area (Å²) in [5, 5.41) is 8.93. The number of pyridine rings is 1. The molecule has 1 aliphatic carbocycles. The summed E-state index contributed by atoms with van der Waals surface area (Å²) in [4.78, 5) is 17.5. The fourth-order valence-electron chi connectivity index (χ4n) is 3.26. The fourth-order valence-corrected chi connectivity index (χ4v) is 3.26. The number of alkyl carbamates (subject to hydrolysis) is 1. The van der Waals surface area contributed by atoms with Crippen LogP contribution in [0.25, 0.3) is 5.57 Å². The molecule has 1 saturated heterocycles. The quantitative estimate of drug-likeness (QED) is 0.529. The molecule has 9 heteroatoms. The van der Waals surface area contributed by atoms with Crippen LogP contribution in [0.15, 0.2) is 30.2 Å². The van der Waals surface area contributed by atoms with Crippen molar-refractivity contribution in [2.24, 2.45) is 17.6 Å². The Balaban J connectivity index is 1.71. The van der Waals surface area contributed by atoms with E-state index < -0.39 is 29.6 Å². The number of amides is 1. The molecule has 1 aromatic heterocycles. The predicted molar refractivity (Wildman–Crippen MR) is 102 cm³/mol. The van der Waals surface area contributed by atoms with Gasteiger partial charge in [0.05, 0.1) is 0 Å². The zero-order valence-electron chi connectivity index (χ0n) is 15.5. The normalized spacial score (nSPS) is 19.4. The molecule has 28 heavy (non-hydrogen) atoms. The summed E-state index contributed by atoms with van der Waals surface area (Å²) in [6.07, 6.45) is 5.24. The Morgan fingerprint density at radius 3 is 2.86 bits per heavy atom. The van der Waals surface area contributed by atoms with Crippen molar-refractivity contribution >= 4 is 23.4 Å². The van der Waals surface area contributed by atoms with Gasteiger partial charge in [0.2, 0.25) is 0 Å². The van der Waals surface area contributed by atoms with Gasteiger partial charge in [0.1, 0.15) is 12.4 Å². The summed E-state index contributed by atoms with van der Waals surface area (Å²) < 4.78 is 34.3. The molecule has 2 heterocycles. The Morgan fingerprint density at radius 2 is 2.21 bits per heavy atom. The van der Waals surface area contributed by atoms with Crippen LogP contribution >= 0.6 is 0 Å². The molecule has 1 aliphatic heterocycles. The zero-order valence-corrected chi connectivity index (χ0v) is 15.5. The number of nitrogens with one attached hydrogen (secondary N) is 2. The van der Waals surface area contributed by atoms with Crippen LogP contribution < -0.4 is 16.0 Å². The molecule has 0 saturated carbocycles. The Morgan fingerprint density at radius 1 is 1.46 bits per heavy atom. The highest BCUT2D eigenvalue weighted by molar-refractivity contribution is 5.90. The van der Waals surface area contributed by atoms with Crippen molar-refractivity contribution in [1.82, 2.24) is 10.3 Å². The summed E-state index contributed by atoms with van der Waals surface area (Å²) in [6.45, 7) is 3.43. The number of guanidine groups is 1. The average molecular weight is 391 g/mol. The lowest BCUT2D eigenvalue weighted by atomic mass is 9.92. The molecule has 0 aromatic carbocycles. The molecule has 1 unspecified atom stereocenters. The number of allylic oxidation sites excluding steroid dienone is 3. The molecule has 1 atom stereocenters. The average Bonchev–Trinajstić information content (AvgIpc) is 2.60. The first-order valence-corrected chi connectivity index (χ1v) is 9.13. The summed E-state index contributed by atoms with van der Waals surface area (Å²) >= 11 is 0. The highest BCUT2D eigenvalue weighted by Gasteiger charge is 2.29. The Bertz CT molecular complexity index is 834. The molecule has 0 bridgehead atoms. The van der Waals surface area contributed by atoms with Crippen LogP contribution in [0.4, 0.5) is 19.4 Å². The van der Waals surface area contributed by atoms with Crippen LogP contribution in [0.2, 0.25) is 0 Å². The van der Waals surface area contributed by atoms with E-state index in [0.717, 1.165) is 19.5 Å². The smallest absolute Gasteiger partial charge is 0.413 e. The third kappa shape index (κ3) is 4.29. The number of carbonyl (C=O) groups excluding carboxylic acids is 1. The van der Waals surface area contributed by atoms with Gasteiger partial charge in [-0.05, 0) is 24.8 Å². The van der Waals surface area contributed by atoms with E-state index in [1.165, 1.54) is 12.3 Å². The van der Waals surface area contributed by atoms with Gasteiger partial charge in [-0.1, -0.05) is 19.1 Å². The molecule has 1 aromatic rings. The van der Waals surface area contributed by atoms with Crippen molar-refractivity contribution in [1.29, 1.82) is 5.41 Å². The first-order chi connectivity index (χ1) is 13.4. The van der Waals surface area contributed by atoms with Crippen LogP contribution in [0.1, 0.15) is 25.3 Å². The molecule has 3 rings (SSSR count). The second-order valence-corrected chi connectivity index (χ2v) is 6.94. The van der Waals surface area contributed by atoms with Crippen molar-refractivity contribution in [3.8, 4) is 0 Å². The Hall–Kier alpha value is -2.97. The largest absolute Gasteiger partial charge is 0.448 e. The zero-order chi connectivity index (χ0) is 20.3. The maximum Gasteiger partial charge on any atom is 0.413 e. The van der Waals surface area contributed by atoms with Gasteiger partial charge in [-0.2, -0.15) is 0 Å². The molecule has 2 aliphatic rings. The van der Waals surface area contributed by atoms with Gasteiger partial charge in [-0.3, -0.25) is 10.7 Å². The Labute approximate surface area is 161 Å². The molecule has 1 fully saturated rings. The molecular formula is C19H23F2N5O2. The summed E-state index contributed by atoms with van der Waals surface area (Å²) in [7, 11) is 0. The van der Waals surface area contributed by atoms with Gasteiger partial charge in [0.25, 0.3) is 0 Å². The van der Waals surface area contributed by atoms with Crippen molar-refractivity contribution in [2.45, 2.75) is 19.8 Å². The minimum Gasteiger partial charge on any atom is -0.448 e. The lowest BCUT2D eigenvalue weighted by Gasteiger charge is -2.39. The highest BCUT2D eigenvalue weighted by Crippen LogP contribution is 2.34. The van der Waals surface area contributed by atoms with E-state index in [1.54, 1.807) is 12.2 Å². The van der Waals surface area contributed by atoms with Gasteiger partial charge in [-0.15, -0.1) is 0 Å². The van der Waals surface area contributed by atoms with Crippen molar-refractivity contribution < 1.29 is 18.3 Å².